The molecule has 1 unspecified atom stereocenters. The van der Waals surface area contributed by atoms with Crippen molar-refractivity contribution < 1.29 is 9.18 Å². The molecule has 0 fully saturated rings. The first-order valence-corrected chi connectivity index (χ1v) is 5.79. The molecule has 0 N–H and O–H groups in total. The van der Waals surface area contributed by atoms with Gasteiger partial charge in [-0.25, -0.2) is 4.39 Å². The van der Waals surface area contributed by atoms with Crippen molar-refractivity contribution in [2.45, 2.75) is 18.4 Å². The van der Waals surface area contributed by atoms with E-state index in [0.717, 1.165) is 0 Å². The molecule has 0 amide bonds. The molecule has 0 saturated carbocycles. The number of hydrogen-bond acceptors (Lipinski definition) is 1. The number of rotatable bonds is 3. The van der Waals surface area contributed by atoms with Gasteiger partial charge in [0.05, 0.1) is 4.83 Å². The molecule has 1 atom stereocenters. The number of alkyl halides is 2. The minimum atomic E-state index is -0.529. The van der Waals surface area contributed by atoms with Gasteiger partial charge in [0.25, 0.3) is 0 Å². The Morgan fingerprint density at radius 1 is 1.57 bits per heavy atom. The van der Waals surface area contributed by atoms with Gasteiger partial charge >= 0.3 is 0 Å². The van der Waals surface area contributed by atoms with Gasteiger partial charge in [-0.3, -0.25) is 4.79 Å². The van der Waals surface area contributed by atoms with Crippen LogP contribution in [0.1, 0.15) is 22.8 Å². The zero-order chi connectivity index (χ0) is 10.7. The number of ketones is 1. The van der Waals surface area contributed by atoms with Crippen molar-refractivity contribution in [1.29, 1.82) is 0 Å². The molecule has 14 heavy (non-hydrogen) atoms. The number of carbonyl (C=O) groups is 1. The Labute approximate surface area is 99.0 Å². The summed E-state index contributed by atoms with van der Waals surface area (Å²) in [6, 6.07) is 4.90. The summed E-state index contributed by atoms with van der Waals surface area (Å²) in [5, 5.41) is 0. The minimum absolute atomic E-state index is 0.00360. The highest BCUT2D eigenvalue weighted by atomic mass is 79.9. The number of hydrogen-bond donors (Lipinski definition) is 0. The first-order valence-electron chi connectivity index (χ1n) is 4.09. The minimum Gasteiger partial charge on any atom is -0.293 e. The van der Waals surface area contributed by atoms with Crippen LogP contribution in [-0.2, 0) is 6.67 Å². The molecule has 1 aromatic rings. The summed E-state index contributed by atoms with van der Waals surface area (Å²) in [5.41, 5.74) is 1.14. The summed E-state index contributed by atoms with van der Waals surface area (Å²) in [6.07, 6.45) is 0. The topological polar surface area (TPSA) is 17.1 Å². The van der Waals surface area contributed by atoms with Crippen LogP contribution in [0.3, 0.4) is 0 Å². The molecule has 76 valence electrons. The lowest BCUT2D eigenvalue weighted by Crippen LogP contribution is -2.09. The van der Waals surface area contributed by atoms with Crippen molar-refractivity contribution in [1.82, 2.24) is 0 Å². The molecule has 0 saturated heterocycles. The van der Waals surface area contributed by atoms with Crippen LogP contribution in [0.2, 0.25) is 0 Å². The largest absolute Gasteiger partial charge is 0.293 e. The predicted molar refractivity (Wildman–Crippen MR) is 61.7 cm³/mol. The van der Waals surface area contributed by atoms with Gasteiger partial charge in [-0.15, -0.1) is 0 Å². The second-order valence-corrected chi connectivity index (χ2v) is 5.15. The zero-order valence-electron chi connectivity index (χ0n) is 7.56. The van der Waals surface area contributed by atoms with Gasteiger partial charge in [0.15, 0.2) is 5.78 Å². The average molecular weight is 324 g/mol. The summed E-state index contributed by atoms with van der Waals surface area (Å²) < 4.78 is 13.0. The molecule has 0 aliphatic carbocycles. The summed E-state index contributed by atoms with van der Waals surface area (Å²) >= 11 is 6.41. The lowest BCUT2D eigenvalue weighted by molar-refractivity contribution is 0.0996. The Morgan fingerprint density at radius 3 is 2.64 bits per heavy atom. The molecule has 0 radical (unpaired) electrons. The fourth-order valence-electron chi connectivity index (χ4n) is 1.04. The molecule has 4 heteroatoms. The van der Waals surface area contributed by atoms with Crippen LogP contribution in [0.15, 0.2) is 22.7 Å². The van der Waals surface area contributed by atoms with E-state index in [2.05, 4.69) is 31.9 Å². The maximum atomic E-state index is 12.4. The van der Waals surface area contributed by atoms with Crippen molar-refractivity contribution in [3.05, 3.63) is 33.8 Å². The van der Waals surface area contributed by atoms with Gasteiger partial charge in [-0.05, 0) is 18.6 Å². The average Bonchev–Trinajstić information content (AvgIpc) is 2.16. The number of halogens is 3. The monoisotopic (exact) mass is 322 g/mol. The van der Waals surface area contributed by atoms with Crippen molar-refractivity contribution >= 4 is 37.6 Å². The van der Waals surface area contributed by atoms with E-state index in [1.807, 2.05) is 0 Å². The van der Waals surface area contributed by atoms with Crippen molar-refractivity contribution in [2.24, 2.45) is 0 Å². The summed E-state index contributed by atoms with van der Waals surface area (Å²) in [4.78, 5) is 11.3. The van der Waals surface area contributed by atoms with Gasteiger partial charge in [0, 0.05) is 10.0 Å². The zero-order valence-corrected chi connectivity index (χ0v) is 10.7. The molecular weight excluding hydrogens is 315 g/mol. The van der Waals surface area contributed by atoms with E-state index < -0.39 is 6.67 Å². The Morgan fingerprint density at radius 2 is 2.21 bits per heavy atom. The Balaban J connectivity index is 3.03. The Hall–Kier alpha value is -0.220. The van der Waals surface area contributed by atoms with Crippen LogP contribution in [0.25, 0.3) is 0 Å². The smallest absolute Gasteiger partial charge is 0.176 e. The molecule has 0 heterocycles. The summed E-state index contributed by atoms with van der Waals surface area (Å²) in [5.74, 6) is -0.00360. The first kappa shape index (κ1) is 11.9. The van der Waals surface area contributed by atoms with E-state index in [9.17, 15) is 9.18 Å². The lowest BCUT2D eigenvalue weighted by Gasteiger charge is -2.05. The molecule has 0 spiro atoms. The second kappa shape index (κ2) is 5.03. The molecule has 0 aliphatic heterocycles. The van der Waals surface area contributed by atoms with Crippen LogP contribution >= 0.6 is 31.9 Å². The molecular formula is C10H9Br2FO. The van der Waals surface area contributed by atoms with Gasteiger partial charge in [-0.1, -0.05) is 44.0 Å². The van der Waals surface area contributed by atoms with E-state index in [-0.39, 0.29) is 10.6 Å². The molecule has 1 aromatic carbocycles. The number of benzene rings is 1. The second-order valence-electron chi connectivity index (χ2n) is 2.92. The maximum absolute atomic E-state index is 12.4. The standard InChI is InChI=1S/C10H9Br2FO/c1-6(11)10(14)7-2-3-8(5-13)9(12)4-7/h2-4,6H,5H2,1H3. The quantitative estimate of drug-likeness (QED) is 0.609. The van der Waals surface area contributed by atoms with E-state index in [1.54, 1.807) is 25.1 Å². The Bertz CT molecular complexity index is 350. The van der Waals surface area contributed by atoms with E-state index in [1.165, 1.54) is 0 Å². The highest BCUT2D eigenvalue weighted by Gasteiger charge is 2.12. The lowest BCUT2D eigenvalue weighted by atomic mass is 10.1. The fraction of sp³-hybridized carbons (Fsp3) is 0.300. The molecule has 0 aromatic heterocycles. The highest BCUT2D eigenvalue weighted by Crippen LogP contribution is 2.21. The van der Waals surface area contributed by atoms with Gasteiger partial charge in [0.1, 0.15) is 6.67 Å². The maximum Gasteiger partial charge on any atom is 0.176 e. The molecule has 1 nitrogen and oxygen atoms in total. The normalized spacial score (nSPS) is 12.6. The Kier molecular flexibility index (Phi) is 4.26. The fourth-order valence-corrected chi connectivity index (χ4v) is 1.79. The summed E-state index contributed by atoms with van der Waals surface area (Å²) in [6.45, 7) is 1.23. The van der Waals surface area contributed by atoms with Crippen LogP contribution in [-0.4, -0.2) is 10.6 Å². The van der Waals surface area contributed by atoms with Crippen LogP contribution in [0.5, 0.6) is 0 Å². The SMILES string of the molecule is CC(Br)C(=O)c1ccc(CF)c(Br)c1. The third-order valence-electron chi connectivity index (χ3n) is 1.84. The van der Waals surface area contributed by atoms with E-state index in [4.69, 9.17) is 0 Å². The highest BCUT2D eigenvalue weighted by molar-refractivity contribution is 9.10. The van der Waals surface area contributed by atoms with Crippen molar-refractivity contribution in [3.63, 3.8) is 0 Å². The predicted octanol–water partition coefficient (Wildman–Crippen LogP) is 3.88. The summed E-state index contributed by atoms with van der Waals surface area (Å²) in [7, 11) is 0. The van der Waals surface area contributed by atoms with Gasteiger partial charge < -0.3 is 0 Å². The van der Waals surface area contributed by atoms with Crippen LogP contribution in [0, 0.1) is 0 Å². The van der Waals surface area contributed by atoms with Gasteiger partial charge in [0.2, 0.25) is 0 Å². The number of carbonyl (C=O) groups excluding carboxylic acids is 1. The third kappa shape index (κ3) is 2.64. The molecule has 0 aliphatic rings. The van der Waals surface area contributed by atoms with Crippen LogP contribution in [0.4, 0.5) is 4.39 Å². The van der Waals surface area contributed by atoms with Crippen LogP contribution < -0.4 is 0 Å². The van der Waals surface area contributed by atoms with E-state index >= 15 is 0 Å². The van der Waals surface area contributed by atoms with Crippen molar-refractivity contribution in [3.8, 4) is 0 Å². The molecule has 0 bridgehead atoms. The molecule has 1 rings (SSSR count). The van der Waals surface area contributed by atoms with Crippen molar-refractivity contribution in [2.75, 3.05) is 0 Å². The third-order valence-corrected chi connectivity index (χ3v) is 3.00. The van der Waals surface area contributed by atoms with E-state index in [0.29, 0.717) is 15.6 Å². The first-order chi connectivity index (χ1) is 6.56. The number of Topliss-reactive ketones (excluding diaryl/α,β-unsaturated/α-hetero) is 1. The van der Waals surface area contributed by atoms with Gasteiger partial charge in [-0.2, -0.15) is 0 Å².